The molecule has 1 aromatic heterocycles. The van der Waals surface area contributed by atoms with Crippen LogP contribution in [0.1, 0.15) is 21.5 Å². The Labute approximate surface area is 120 Å². The third-order valence-corrected chi connectivity index (χ3v) is 3.04. The molecule has 4 N–H and O–H groups in total. The lowest BCUT2D eigenvalue weighted by molar-refractivity contribution is 0.102. The summed E-state index contributed by atoms with van der Waals surface area (Å²) in [5.74, 6) is -0.505. The Balaban J connectivity index is 2.39. The van der Waals surface area contributed by atoms with Crippen molar-refractivity contribution in [2.45, 2.75) is 6.92 Å². The van der Waals surface area contributed by atoms with Gasteiger partial charge in [0, 0.05) is 24.0 Å². The number of carbonyl (C=O) groups is 1. The first-order chi connectivity index (χ1) is 9.50. The van der Waals surface area contributed by atoms with E-state index in [-0.39, 0.29) is 16.0 Å². The smallest absolute Gasteiger partial charge is 0.261 e. The zero-order chi connectivity index (χ0) is 14.7. The van der Waals surface area contributed by atoms with Gasteiger partial charge in [-0.15, -0.1) is 0 Å². The van der Waals surface area contributed by atoms with Gasteiger partial charge in [0.2, 0.25) is 0 Å². The molecule has 0 bridgehead atoms. The second kappa shape index (κ2) is 5.66. The fourth-order valence-electron chi connectivity index (χ4n) is 1.88. The highest BCUT2D eigenvalue weighted by atomic mass is 32.1. The van der Waals surface area contributed by atoms with Crippen LogP contribution in [0, 0.1) is 6.92 Å². The van der Waals surface area contributed by atoms with Gasteiger partial charge < -0.3 is 16.0 Å². The van der Waals surface area contributed by atoms with E-state index in [4.69, 9.17) is 18.0 Å². The molecule has 5 nitrogen and oxygen atoms in total. The van der Waals surface area contributed by atoms with E-state index in [9.17, 15) is 9.59 Å². The summed E-state index contributed by atoms with van der Waals surface area (Å²) in [5.41, 5.74) is 7.30. The first-order valence-corrected chi connectivity index (χ1v) is 6.29. The lowest BCUT2D eigenvalue weighted by atomic mass is 10.1. The molecule has 0 fully saturated rings. The van der Waals surface area contributed by atoms with Gasteiger partial charge in [0.25, 0.3) is 5.91 Å². The van der Waals surface area contributed by atoms with Gasteiger partial charge in [0.1, 0.15) is 10.6 Å². The highest BCUT2D eigenvalue weighted by molar-refractivity contribution is 7.80. The van der Waals surface area contributed by atoms with Crippen molar-refractivity contribution < 1.29 is 4.79 Å². The minimum atomic E-state index is -0.505. The maximum absolute atomic E-state index is 12.1. The molecule has 0 saturated heterocycles. The number of hydrogen-bond acceptors (Lipinski definition) is 3. The SMILES string of the molecule is Cc1cccc(NC(=O)c2c[nH]ccc2=O)c1C(N)=S. The Morgan fingerprint density at radius 3 is 2.75 bits per heavy atom. The maximum atomic E-state index is 12.1. The van der Waals surface area contributed by atoms with Gasteiger partial charge >= 0.3 is 0 Å². The average Bonchev–Trinajstić information content (AvgIpc) is 2.38. The lowest BCUT2D eigenvalue weighted by Gasteiger charge is -2.12. The monoisotopic (exact) mass is 287 g/mol. The van der Waals surface area contributed by atoms with Crippen molar-refractivity contribution in [3.8, 4) is 0 Å². The molecule has 20 heavy (non-hydrogen) atoms. The molecule has 0 spiro atoms. The van der Waals surface area contributed by atoms with Crippen molar-refractivity contribution in [1.29, 1.82) is 0 Å². The predicted octanol–water partition coefficient (Wildman–Crippen LogP) is 1.57. The second-order valence-electron chi connectivity index (χ2n) is 4.24. The number of thiocarbonyl (C=S) groups is 1. The van der Waals surface area contributed by atoms with Crippen molar-refractivity contribution >= 4 is 28.8 Å². The minimum absolute atomic E-state index is 0.0305. The summed E-state index contributed by atoms with van der Waals surface area (Å²) in [4.78, 5) is 26.6. The zero-order valence-corrected chi connectivity index (χ0v) is 11.6. The molecule has 0 atom stereocenters. The summed E-state index contributed by atoms with van der Waals surface area (Å²) in [6, 6.07) is 6.61. The third kappa shape index (κ3) is 2.75. The molecule has 6 heteroatoms. The minimum Gasteiger partial charge on any atom is -0.389 e. The number of aromatic nitrogens is 1. The molecule has 1 aromatic carbocycles. The van der Waals surface area contributed by atoms with Crippen LogP contribution in [0.15, 0.2) is 41.5 Å². The van der Waals surface area contributed by atoms with Crippen LogP contribution in [-0.2, 0) is 0 Å². The number of amides is 1. The van der Waals surface area contributed by atoms with Crippen LogP contribution < -0.4 is 16.5 Å². The Bertz CT molecular complexity index is 737. The van der Waals surface area contributed by atoms with E-state index < -0.39 is 5.91 Å². The molecule has 102 valence electrons. The van der Waals surface area contributed by atoms with Crippen LogP contribution in [0.25, 0.3) is 0 Å². The number of benzene rings is 1. The summed E-state index contributed by atoms with van der Waals surface area (Å²) < 4.78 is 0. The number of hydrogen-bond donors (Lipinski definition) is 3. The standard InChI is InChI=1S/C14H13N3O2S/c1-8-3-2-4-10(12(8)13(15)20)17-14(19)9-7-16-6-5-11(9)18/h2-7H,1H3,(H2,15,20)(H,16,18)(H,17,19). The molecule has 0 aliphatic heterocycles. The van der Waals surface area contributed by atoms with E-state index in [0.717, 1.165) is 5.56 Å². The van der Waals surface area contributed by atoms with E-state index in [2.05, 4.69) is 10.3 Å². The van der Waals surface area contributed by atoms with E-state index in [1.54, 1.807) is 12.1 Å². The molecule has 0 saturated carbocycles. The number of aromatic amines is 1. The highest BCUT2D eigenvalue weighted by Crippen LogP contribution is 2.19. The van der Waals surface area contributed by atoms with Crippen molar-refractivity contribution in [2.24, 2.45) is 5.73 Å². The zero-order valence-electron chi connectivity index (χ0n) is 10.8. The topological polar surface area (TPSA) is 88.0 Å². The van der Waals surface area contributed by atoms with Gasteiger partial charge in [-0.25, -0.2) is 0 Å². The van der Waals surface area contributed by atoms with Gasteiger partial charge in [-0.05, 0) is 18.6 Å². The Morgan fingerprint density at radius 2 is 2.10 bits per heavy atom. The van der Waals surface area contributed by atoms with Crippen molar-refractivity contribution in [2.75, 3.05) is 5.32 Å². The fraction of sp³-hybridized carbons (Fsp3) is 0.0714. The van der Waals surface area contributed by atoms with E-state index in [0.29, 0.717) is 11.3 Å². The average molecular weight is 287 g/mol. The second-order valence-corrected chi connectivity index (χ2v) is 4.68. The fourth-order valence-corrected chi connectivity index (χ4v) is 2.15. The predicted molar refractivity (Wildman–Crippen MR) is 82.1 cm³/mol. The number of H-pyrrole nitrogens is 1. The number of nitrogens with one attached hydrogen (secondary N) is 2. The first kappa shape index (κ1) is 14.0. The van der Waals surface area contributed by atoms with Gasteiger partial charge in [-0.3, -0.25) is 9.59 Å². The van der Waals surface area contributed by atoms with Gasteiger partial charge in [-0.1, -0.05) is 24.4 Å². The number of aryl methyl sites for hydroxylation is 1. The molecule has 0 aliphatic carbocycles. The molecule has 1 amide bonds. The van der Waals surface area contributed by atoms with Crippen LogP contribution in [-0.4, -0.2) is 15.9 Å². The number of rotatable bonds is 3. The summed E-state index contributed by atoms with van der Waals surface area (Å²) in [6.07, 6.45) is 2.82. The van der Waals surface area contributed by atoms with Crippen LogP contribution in [0.5, 0.6) is 0 Å². The summed E-state index contributed by atoms with van der Waals surface area (Å²) in [6.45, 7) is 1.85. The molecular formula is C14H13N3O2S. The maximum Gasteiger partial charge on any atom is 0.261 e. The normalized spacial score (nSPS) is 10.1. The van der Waals surface area contributed by atoms with Gasteiger partial charge in [-0.2, -0.15) is 0 Å². The Hall–Kier alpha value is -2.47. The number of anilines is 1. The van der Waals surface area contributed by atoms with Crippen molar-refractivity contribution in [1.82, 2.24) is 4.98 Å². The van der Waals surface area contributed by atoms with Crippen LogP contribution >= 0.6 is 12.2 Å². The van der Waals surface area contributed by atoms with Crippen LogP contribution in [0.3, 0.4) is 0 Å². The van der Waals surface area contributed by atoms with E-state index in [1.165, 1.54) is 18.5 Å². The quantitative estimate of drug-likeness (QED) is 0.748. The summed E-state index contributed by atoms with van der Waals surface area (Å²) >= 11 is 4.99. The molecule has 0 aliphatic rings. The van der Waals surface area contributed by atoms with Gasteiger partial charge in [0.15, 0.2) is 5.43 Å². The van der Waals surface area contributed by atoms with Crippen molar-refractivity contribution in [3.63, 3.8) is 0 Å². The molecular weight excluding hydrogens is 274 g/mol. The summed E-state index contributed by atoms with van der Waals surface area (Å²) in [7, 11) is 0. The molecule has 0 unspecified atom stereocenters. The third-order valence-electron chi connectivity index (χ3n) is 2.84. The van der Waals surface area contributed by atoms with Crippen LogP contribution in [0.2, 0.25) is 0 Å². The first-order valence-electron chi connectivity index (χ1n) is 5.88. The van der Waals surface area contributed by atoms with Crippen molar-refractivity contribution in [3.05, 3.63) is 63.6 Å². The Kier molecular flexibility index (Phi) is 3.95. The van der Waals surface area contributed by atoms with Gasteiger partial charge in [0.05, 0.1) is 5.69 Å². The number of carbonyl (C=O) groups excluding carboxylic acids is 1. The molecule has 1 heterocycles. The summed E-state index contributed by atoms with van der Waals surface area (Å²) in [5, 5.41) is 2.66. The molecule has 0 radical (unpaired) electrons. The molecule has 2 aromatic rings. The van der Waals surface area contributed by atoms with E-state index in [1.807, 2.05) is 13.0 Å². The lowest BCUT2D eigenvalue weighted by Crippen LogP contribution is -2.23. The highest BCUT2D eigenvalue weighted by Gasteiger charge is 2.14. The molecule has 2 rings (SSSR count). The van der Waals surface area contributed by atoms with Crippen LogP contribution in [0.4, 0.5) is 5.69 Å². The number of pyridine rings is 1. The number of nitrogens with two attached hydrogens (primary N) is 1. The Morgan fingerprint density at radius 1 is 1.35 bits per heavy atom. The largest absolute Gasteiger partial charge is 0.389 e. The van der Waals surface area contributed by atoms with E-state index >= 15 is 0 Å².